The molecule has 4 rings (SSSR count). The third-order valence-electron chi connectivity index (χ3n) is 4.69. The van der Waals surface area contributed by atoms with Gasteiger partial charge in [0.15, 0.2) is 5.13 Å². The first-order chi connectivity index (χ1) is 14.6. The minimum atomic E-state index is -0.197. The van der Waals surface area contributed by atoms with Crippen LogP contribution in [0, 0.1) is 0 Å². The van der Waals surface area contributed by atoms with Gasteiger partial charge in [-0.15, -0.1) is 11.3 Å². The highest BCUT2D eigenvalue weighted by molar-refractivity contribution is 7.14. The molecule has 0 aliphatic carbocycles. The number of nitrogens with one attached hydrogen (secondary N) is 1. The van der Waals surface area contributed by atoms with E-state index in [0.29, 0.717) is 22.4 Å². The van der Waals surface area contributed by atoms with Gasteiger partial charge >= 0.3 is 0 Å². The number of carbonyl (C=O) groups is 1. The van der Waals surface area contributed by atoms with Gasteiger partial charge in [0, 0.05) is 16.5 Å². The lowest BCUT2D eigenvalue weighted by Gasteiger charge is -2.07. The maximum Gasteiger partial charge on any atom is 0.257 e. The maximum atomic E-state index is 12.6. The monoisotopic (exact) mass is 414 g/mol. The first-order valence-corrected chi connectivity index (χ1v) is 10.7. The number of thiazole rings is 1. The van der Waals surface area contributed by atoms with Crippen LogP contribution in [0.1, 0.15) is 35.7 Å². The van der Waals surface area contributed by atoms with E-state index in [-0.39, 0.29) is 5.91 Å². The average molecular weight is 415 g/mol. The number of nitrogens with zero attached hydrogens (tertiary/aromatic N) is 1. The molecule has 0 fully saturated rings. The summed E-state index contributed by atoms with van der Waals surface area (Å²) in [7, 11) is 0. The molecule has 0 radical (unpaired) electrons. The summed E-state index contributed by atoms with van der Waals surface area (Å²) in [5, 5.41) is 5.41. The number of carbonyl (C=O) groups excluding carboxylic acids is 1. The van der Waals surface area contributed by atoms with Gasteiger partial charge in [0.1, 0.15) is 11.5 Å². The Balaban J connectivity index is 1.40. The Morgan fingerprint density at radius 3 is 2.23 bits per heavy atom. The van der Waals surface area contributed by atoms with Crippen LogP contribution in [0.15, 0.2) is 84.2 Å². The quantitative estimate of drug-likeness (QED) is 0.370. The van der Waals surface area contributed by atoms with Crippen molar-refractivity contribution in [1.29, 1.82) is 0 Å². The zero-order chi connectivity index (χ0) is 20.9. The van der Waals surface area contributed by atoms with Crippen molar-refractivity contribution in [3.8, 4) is 22.8 Å². The van der Waals surface area contributed by atoms with E-state index in [1.807, 2.05) is 35.7 Å². The Hall–Kier alpha value is -3.44. The van der Waals surface area contributed by atoms with E-state index in [9.17, 15) is 4.79 Å². The highest BCUT2D eigenvalue weighted by atomic mass is 32.1. The second-order valence-corrected chi connectivity index (χ2v) is 8.07. The molecule has 1 amide bonds. The van der Waals surface area contributed by atoms with Crippen LogP contribution < -0.4 is 10.1 Å². The van der Waals surface area contributed by atoms with Gasteiger partial charge in [-0.05, 0) is 47.9 Å². The summed E-state index contributed by atoms with van der Waals surface area (Å²) in [5.74, 6) is 1.73. The van der Waals surface area contributed by atoms with Gasteiger partial charge in [-0.25, -0.2) is 4.98 Å². The smallest absolute Gasteiger partial charge is 0.257 e. The van der Waals surface area contributed by atoms with Crippen LogP contribution in [-0.2, 0) is 0 Å². The normalized spacial score (nSPS) is 10.8. The lowest BCUT2D eigenvalue weighted by Crippen LogP contribution is -2.11. The fraction of sp³-hybridized carbons (Fsp3) is 0.120. The molecule has 0 unspecified atom stereocenters. The van der Waals surface area contributed by atoms with Gasteiger partial charge in [0.2, 0.25) is 0 Å². The SMILES string of the molecule is CC(C)c1ccc(-c2csc(NC(=O)c3ccc(Oc4ccccc4)cc3)n2)cc1. The van der Waals surface area contributed by atoms with Crippen molar-refractivity contribution in [1.82, 2.24) is 4.98 Å². The third-order valence-corrected chi connectivity index (χ3v) is 5.45. The molecule has 0 aliphatic rings. The zero-order valence-electron chi connectivity index (χ0n) is 16.8. The largest absolute Gasteiger partial charge is 0.457 e. The van der Waals surface area contributed by atoms with Gasteiger partial charge in [-0.2, -0.15) is 0 Å². The Bertz CT molecular complexity index is 1120. The molecule has 4 aromatic rings. The summed E-state index contributed by atoms with van der Waals surface area (Å²) in [6.45, 7) is 4.34. The van der Waals surface area contributed by atoms with Crippen molar-refractivity contribution in [2.75, 3.05) is 5.32 Å². The number of hydrogen-bond acceptors (Lipinski definition) is 4. The number of hydrogen-bond donors (Lipinski definition) is 1. The van der Waals surface area contributed by atoms with E-state index < -0.39 is 0 Å². The predicted octanol–water partition coefficient (Wildman–Crippen LogP) is 6.98. The Kier molecular flexibility index (Phi) is 5.91. The van der Waals surface area contributed by atoms with E-state index in [1.165, 1.54) is 16.9 Å². The van der Waals surface area contributed by atoms with Crippen LogP contribution in [0.4, 0.5) is 5.13 Å². The van der Waals surface area contributed by atoms with E-state index in [0.717, 1.165) is 17.0 Å². The molecule has 150 valence electrons. The number of rotatable bonds is 6. The van der Waals surface area contributed by atoms with Crippen molar-refractivity contribution in [3.63, 3.8) is 0 Å². The second kappa shape index (κ2) is 8.93. The Morgan fingerprint density at radius 1 is 0.900 bits per heavy atom. The predicted molar refractivity (Wildman–Crippen MR) is 123 cm³/mol. The summed E-state index contributed by atoms with van der Waals surface area (Å²) in [5.41, 5.74) is 3.74. The molecule has 0 atom stereocenters. The first kappa shape index (κ1) is 19.9. The lowest BCUT2D eigenvalue weighted by molar-refractivity contribution is 0.102. The molecule has 1 aromatic heterocycles. The van der Waals surface area contributed by atoms with Gasteiger partial charge in [0.05, 0.1) is 5.69 Å². The van der Waals surface area contributed by atoms with Gasteiger partial charge in [-0.1, -0.05) is 56.3 Å². The topological polar surface area (TPSA) is 51.2 Å². The standard InChI is InChI=1S/C25H22N2O2S/c1-17(2)18-8-10-19(11-9-18)23-16-30-25(26-23)27-24(28)20-12-14-22(15-13-20)29-21-6-4-3-5-7-21/h3-17H,1-2H3,(H,26,27,28). The number of benzene rings is 3. The lowest BCUT2D eigenvalue weighted by atomic mass is 10.0. The van der Waals surface area contributed by atoms with Gasteiger partial charge in [0.25, 0.3) is 5.91 Å². The molecule has 5 heteroatoms. The van der Waals surface area contributed by atoms with Crippen molar-refractivity contribution in [3.05, 3.63) is 95.4 Å². The summed E-state index contributed by atoms with van der Waals surface area (Å²) in [6.07, 6.45) is 0. The van der Waals surface area contributed by atoms with E-state index in [1.54, 1.807) is 24.3 Å². The number of aromatic nitrogens is 1. The molecule has 4 nitrogen and oxygen atoms in total. The van der Waals surface area contributed by atoms with Gasteiger partial charge in [-0.3, -0.25) is 10.1 Å². The van der Waals surface area contributed by atoms with Crippen LogP contribution in [0.25, 0.3) is 11.3 Å². The van der Waals surface area contributed by atoms with Crippen molar-refractivity contribution in [2.45, 2.75) is 19.8 Å². The molecule has 1 N–H and O–H groups in total. The molecule has 0 saturated carbocycles. The summed E-state index contributed by atoms with van der Waals surface area (Å²) in [6, 6.07) is 25.0. The van der Waals surface area contributed by atoms with E-state index >= 15 is 0 Å². The third kappa shape index (κ3) is 4.75. The summed E-state index contributed by atoms with van der Waals surface area (Å²) >= 11 is 1.42. The molecule has 0 aliphatic heterocycles. The summed E-state index contributed by atoms with van der Waals surface area (Å²) in [4.78, 5) is 17.1. The highest BCUT2D eigenvalue weighted by Crippen LogP contribution is 2.27. The van der Waals surface area contributed by atoms with E-state index in [2.05, 4.69) is 48.4 Å². The van der Waals surface area contributed by atoms with Crippen LogP contribution in [0.2, 0.25) is 0 Å². The average Bonchev–Trinajstić information content (AvgIpc) is 3.23. The maximum absolute atomic E-state index is 12.6. The molecule has 3 aromatic carbocycles. The minimum absolute atomic E-state index is 0.197. The van der Waals surface area contributed by atoms with Crippen LogP contribution in [0.3, 0.4) is 0 Å². The number of amides is 1. The molecule has 0 bridgehead atoms. The molecule has 30 heavy (non-hydrogen) atoms. The molecular formula is C25H22N2O2S. The second-order valence-electron chi connectivity index (χ2n) is 7.21. The van der Waals surface area contributed by atoms with Crippen molar-refractivity contribution < 1.29 is 9.53 Å². The summed E-state index contributed by atoms with van der Waals surface area (Å²) < 4.78 is 5.76. The molecule has 1 heterocycles. The molecular weight excluding hydrogens is 392 g/mol. The van der Waals surface area contributed by atoms with Crippen molar-refractivity contribution >= 4 is 22.4 Å². The number of anilines is 1. The van der Waals surface area contributed by atoms with Crippen molar-refractivity contribution in [2.24, 2.45) is 0 Å². The van der Waals surface area contributed by atoms with Crippen LogP contribution >= 0.6 is 11.3 Å². The van der Waals surface area contributed by atoms with Gasteiger partial charge < -0.3 is 4.74 Å². The first-order valence-electron chi connectivity index (χ1n) is 9.78. The number of ether oxygens (including phenoxy) is 1. The Morgan fingerprint density at radius 2 is 1.57 bits per heavy atom. The Labute approximate surface area is 180 Å². The highest BCUT2D eigenvalue weighted by Gasteiger charge is 2.11. The van der Waals surface area contributed by atoms with Crippen LogP contribution in [0.5, 0.6) is 11.5 Å². The molecule has 0 spiro atoms. The fourth-order valence-electron chi connectivity index (χ4n) is 2.97. The molecule has 0 saturated heterocycles. The minimum Gasteiger partial charge on any atom is -0.457 e. The fourth-order valence-corrected chi connectivity index (χ4v) is 3.69. The van der Waals surface area contributed by atoms with Crippen LogP contribution in [-0.4, -0.2) is 10.9 Å². The zero-order valence-corrected chi connectivity index (χ0v) is 17.6. The number of para-hydroxylation sites is 1. The van der Waals surface area contributed by atoms with E-state index in [4.69, 9.17) is 4.74 Å².